The molecule has 1 aromatic heterocycles. The number of hydrogen-bond acceptors (Lipinski definition) is 6. The van der Waals surface area contributed by atoms with Crippen molar-refractivity contribution in [1.82, 2.24) is 14.9 Å². The summed E-state index contributed by atoms with van der Waals surface area (Å²) in [7, 11) is -3.30. The van der Waals surface area contributed by atoms with Gasteiger partial charge in [-0.15, -0.1) is 0 Å². The van der Waals surface area contributed by atoms with E-state index in [1.54, 1.807) is 18.2 Å². The maximum absolute atomic E-state index is 12.6. The van der Waals surface area contributed by atoms with E-state index in [2.05, 4.69) is 14.9 Å². The lowest BCUT2D eigenvalue weighted by atomic mass is 9.95. The molecule has 0 saturated carbocycles. The standard InChI is InChI=1S/C19H26N4O3S/c1-4-22(5-2)19(24)14-8-10-23(11-9-14)18-16-12-15(27(3,25)26)6-7-17(16)20-13-21-18/h6-7,12-14H,4-5,8-11H2,1-3H3. The maximum atomic E-state index is 12.6. The van der Waals surface area contributed by atoms with E-state index < -0.39 is 9.84 Å². The molecular weight excluding hydrogens is 364 g/mol. The van der Waals surface area contributed by atoms with E-state index in [1.807, 2.05) is 18.7 Å². The fourth-order valence-electron chi connectivity index (χ4n) is 3.64. The van der Waals surface area contributed by atoms with Gasteiger partial charge in [-0.25, -0.2) is 18.4 Å². The van der Waals surface area contributed by atoms with Gasteiger partial charge in [0.05, 0.1) is 10.4 Å². The van der Waals surface area contributed by atoms with E-state index in [4.69, 9.17) is 0 Å². The predicted molar refractivity (Wildman–Crippen MR) is 106 cm³/mol. The second kappa shape index (κ2) is 7.80. The largest absolute Gasteiger partial charge is 0.356 e. The fourth-order valence-corrected chi connectivity index (χ4v) is 4.28. The van der Waals surface area contributed by atoms with Crippen LogP contribution in [0.1, 0.15) is 26.7 Å². The van der Waals surface area contributed by atoms with Crippen LogP contribution in [-0.2, 0) is 14.6 Å². The molecule has 0 aliphatic carbocycles. The zero-order chi connectivity index (χ0) is 19.6. The van der Waals surface area contributed by atoms with Gasteiger partial charge in [-0.3, -0.25) is 4.79 Å². The van der Waals surface area contributed by atoms with Crippen LogP contribution in [0.15, 0.2) is 29.4 Å². The van der Waals surface area contributed by atoms with Crippen molar-refractivity contribution < 1.29 is 13.2 Å². The molecule has 7 nitrogen and oxygen atoms in total. The van der Waals surface area contributed by atoms with Gasteiger partial charge in [-0.05, 0) is 44.9 Å². The van der Waals surface area contributed by atoms with Crippen LogP contribution in [0.4, 0.5) is 5.82 Å². The van der Waals surface area contributed by atoms with Crippen LogP contribution >= 0.6 is 0 Å². The zero-order valence-electron chi connectivity index (χ0n) is 16.1. The second-order valence-corrected chi connectivity index (χ2v) is 8.94. The second-order valence-electron chi connectivity index (χ2n) is 6.92. The quantitative estimate of drug-likeness (QED) is 0.778. The summed E-state index contributed by atoms with van der Waals surface area (Å²) in [4.78, 5) is 25.5. The Labute approximate surface area is 160 Å². The first-order valence-corrected chi connectivity index (χ1v) is 11.2. The molecule has 3 rings (SSSR count). The Hall–Kier alpha value is -2.22. The first-order chi connectivity index (χ1) is 12.8. The summed E-state index contributed by atoms with van der Waals surface area (Å²) in [5.74, 6) is 1.01. The summed E-state index contributed by atoms with van der Waals surface area (Å²) in [6.07, 6.45) is 4.24. The van der Waals surface area contributed by atoms with Crippen molar-refractivity contribution in [2.45, 2.75) is 31.6 Å². The molecule has 2 heterocycles. The summed E-state index contributed by atoms with van der Waals surface area (Å²) in [5.41, 5.74) is 0.716. The van der Waals surface area contributed by atoms with Gasteiger partial charge in [-0.1, -0.05) is 0 Å². The molecule has 2 aromatic rings. The zero-order valence-corrected chi connectivity index (χ0v) is 16.9. The number of hydrogen-bond donors (Lipinski definition) is 0. The molecule has 1 aliphatic heterocycles. The summed E-state index contributed by atoms with van der Waals surface area (Å²) in [5, 5.41) is 0.731. The molecule has 0 atom stereocenters. The number of carbonyl (C=O) groups excluding carboxylic acids is 1. The van der Waals surface area contributed by atoms with Crippen LogP contribution in [0.5, 0.6) is 0 Å². The normalized spacial score (nSPS) is 15.9. The molecule has 0 bridgehead atoms. The minimum Gasteiger partial charge on any atom is -0.356 e. The third kappa shape index (κ3) is 4.05. The lowest BCUT2D eigenvalue weighted by Crippen LogP contribution is -2.42. The van der Waals surface area contributed by atoms with Crippen LogP contribution in [0, 0.1) is 5.92 Å². The smallest absolute Gasteiger partial charge is 0.225 e. The molecule has 0 radical (unpaired) electrons. The Morgan fingerprint density at radius 1 is 1.19 bits per heavy atom. The lowest BCUT2D eigenvalue weighted by molar-refractivity contribution is -0.135. The number of piperidine rings is 1. The molecule has 1 saturated heterocycles. The number of benzene rings is 1. The van der Waals surface area contributed by atoms with Gasteiger partial charge in [0.15, 0.2) is 9.84 Å². The van der Waals surface area contributed by atoms with Crippen molar-refractivity contribution in [1.29, 1.82) is 0 Å². The molecule has 1 aromatic carbocycles. The highest BCUT2D eigenvalue weighted by Gasteiger charge is 2.28. The average molecular weight is 391 g/mol. The minimum absolute atomic E-state index is 0.0424. The fraction of sp³-hybridized carbons (Fsp3) is 0.526. The average Bonchev–Trinajstić information content (AvgIpc) is 2.67. The van der Waals surface area contributed by atoms with Gasteiger partial charge < -0.3 is 9.80 Å². The van der Waals surface area contributed by atoms with E-state index in [1.165, 1.54) is 12.6 Å². The molecule has 1 fully saturated rings. The lowest BCUT2D eigenvalue weighted by Gasteiger charge is -2.34. The molecule has 146 valence electrons. The van der Waals surface area contributed by atoms with Crippen molar-refractivity contribution in [3.8, 4) is 0 Å². The van der Waals surface area contributed by atoms with E-state index in [0.29, 0.717) is 18.6 Å². The molecule has 8 heteroatoms. The molecule has 1 aliphatic rings. The van der Waals surface area contributed by atoms with Gasteiger partial charge in [0.1, 0.15) is 12.1 Å². The van der Waals surface area contributed by atoms with Crippen LogP contribution in [0.2, 0.25) is 0 Å². The predicted octanol–water partition coefficient (Wildman–Crippen LogP) is 2.12. The van der Waals surface area contributed by atoms with E-state index in [9.17, 15) is 13.2 Å². The number of anilines is 1. The monoisotopic (exact) mass is 390 g/mol. The Morgan fingerprint density at radius 2 is 1.85 bits per heavy atom. The van der Waals surface area contributed by atoms with Crippen LogP contribution in [0.3, 0.4) is 0 Å². The van der Waals surface area contributed by atoms with Crippen molar-refractivity contribution in [2.24, 2.45) is 5.92 Å². The highest BCUT2D eigenvalue weighted by Crippen LogP contribution is 2.29. The van der Waals surface area contributed by atoms with Gasteiger partial charge in [0.25, 0.3) is 0 Å². The highest BCUT2D eigenvalue weighted by atomic mass is 32.2. The number of amides is 1. The van der Waals surface area contributed by atoms with Crippen molar-refractivity contribution >= 4 is 32.5 Å². The van der Waals surface area contributed by atoms with Gasteiger partial charge >= 0.3 is 0 Å². The molecule has 1 amide bonds. The molecular formula is C19H26N4O3S. The van der Waals surface area contributed by atoms with Gasteiger partial charge in [0, 0.05) is 43.7 Å². The van der Waals surface area contributed by atoms with Crippen LogP contribution in [-0.4, -0.2) is 61.6 Å². The third-order valence-corrected chi connectivity index (χ3v) is 6.34. The van der Waals surface area contributed by atoms with Crippen molar-refractivity contribution in [2.75, 3.05) is 37.3 Å². The Balaban J connectivity index is 1.84. The molecule has 27 heavy (non-hydrogen) atoms. The SMILES string of the molecule is CCN(CC)C(=O)C1CCN(c2ncnc3ccc(S(C)(=O)=O)cc23)CC1. The Morgan fingerprint density at radius 3 is 2.44 bits per heavy atom. The van der Waals surface area contributed by atoms with Crippen molar-refractivity contribution in [3.63, 3.8) is 0 Å². The molecule has 0 spiro atoms. The maximum Gasteiger partial charge on any atom is 0.225 e. The number of rotatable bonds is 5. The number of carbonyl (C=O) groups is 1. The summed E-state index contributed by atoms with van der Waals surface area (Å²) >= 11 is 0. The first kappa shape index (κ1) is 19.5. The number of sulfone groups is 1. The van der Waals surface area contributed by atoms with E-state index in [0.717, 1.165) is 37.1 Å². The van der Waals surface area contributed by atoms with Gasteiger partial charge in [0.2, 0.25) is 5.91 Å². The topological polar surface area (TPSA) is 83.5 Å². The Bertz CT molecular complexity index is 933. The number of nitrogens with zero attached hydrogens (tertiary/aromatic N) is 4. The minimum atomic E-state index is -3.30. The van der Waals surface area contributed by atoms with Gasteiger partial charge in [-0.2, -0.15) is 0 Å². The van der Waals surface area contributed by atoms with E-state index in [-0.39, 0.29) is 16.7 Å². The Kier molecular flexibility index (Phi) is 5.64. The van der Waals surface area contributed by atoms with Crippen LogP contribution in [0.25, 0.3) is 10.9 Å². The summed E-state index contributed by atoms with van der Waals surface area (Å²) in [6.45, 7) is 6.91. The summed E-state index contributed by atoms with van der Waals surface area (Å²) in [6, 6.07) is 4.93. The van der Waals surface area contributed by atoms with Crippen molar-refractivity contribution in [3.05, 3.63) is 24.5 Å². The molecule has 0 N–H and O–H groups in total. The third-order valence-electron chi connectivity index (χ3n) is 5.23. The molecule has 0 unspecified atom stereocenters. The number of aromatic nitrogens is 2. The first-order valence-electron chi connectivity index (χ1n) is 9.33. The van der Waals surface area contributed by atoms with E-state index >= 15 is 0 Å². The number of fused-ring (bicyclic) bond motifs is 1. The summed E-state index contributed by atoms with van der Waals surface area (Å²) < 4.78 is 23.8. The highest BCUT2D eigenvalue weighted by molar-refractivity contribution is 7.90. The van der Waals surface area contributed by atoms with Crippen LogP contribution < -0.4 is 4.90 Å².